The molecule has 12 heavy (non-hydrogen) atoms. The smallest absolute Gasteiger partial charge is 0.301 e. The first-order valence-corrected chi connectivity index (χ1v) is 3.54. The van der Waals surface area contributed by atoms with E-state index in [0.717, 1.165) is 5.71 Å². The number of amides is 1. The van der Waals surface area contributed by atoms with Gasteiger partial charge in [-0.2, -0.15) is 0 Å². The van der Waals surface area contributed by atoms with Gasteiger partial charge in [-0.05, 0) is 0 Å². The fraction of sp³-hybridized carbons (Fsp3) is 0.500. The van der Waals surface area contributed by atoms with Crippen molar-refractivity contribution in [3.05, 3.63) is 0 Å². The Balaban J connectivity index is 2.40. The molecule has 1 aliphatic rings. The van der Waals surface area contributed by atoms with Crippen LogP contribution in [-0.2, 0) is 4.79 Å². The second kappa shape index (κ2) is 3.93. The Morgan fingerprint density at radius 3 is 3.17 bits per heavy atom. The van der Waals surface area contributed by atoms with E-state index in [9.17, 15) is 4.79 Å². The molecule has 1 amide bonds. The highest BCUT2D eigenvalue weighted by Crippen LogP contribution is 1.95. The number of hydrogen-bond donors (Lipinski definition) is 3. The maximum absolute atomic E-state index is 10.8. The van der Waals surface area contributed by atoms with Crippen molar-refractivity contribution in [1.29, 1.82) is 0 Å². The number of hydrogen-bond acceptors (Lipinski definition) is 4. The quantitative estimate of drug-likeness (QED) is 0.337. The van der Waals surface area contributed by atoms with Gasteiger partial charge in [-0.1, -0.05) is 0 Å². The molecule has 1 rings (SSSR count). The number of carbonyl (C=O) groups excluding carboxylic acids is 1. The monoisotopic (exact) mass is 171 g/mol. The summed E-state index contributed by atoms with van der Waals surface area (Å²) in [7, 11) is 0. The molecule has 1 aliphatic heterocycles. The van der Waals surface area contributed by atoms with Gasteiger partial charge in [-0.25, -0.2) is 5.48 Å². The number of quaternary nitrogens is 1. The van der Waals surface area contributed by atoms with Crippen LogP contribution >= 0.6 is 0 Å². The van der Waals surface area contributed by atoms with Crippen LogP contribution in [0.3, 0.4) is 0 Å². The summed E-state index contributed by atoms with van der Waals surface area (Å²) in [5, 5.41) is 8.27. The minimum atomic E-state index is -0.515. The van der Waals surface area contributed by atoms with Crippen LogP contribution in [-0.4, -0.2) is 35.8 Å². The van der Waals surface area contributed by atoms with Crippen molar-refractivity contribution in [2.75, 3.05) is 6.67 Å². The lowest BCUT2D eigenvalue weighted by molar-refractivity contribution is -0.402. The van der Waals surface area contributed by atoms with Crippen LogP contribution < -0.4 is 11.2 Å². The van der Waals surface area contributed by atoms with E-state index in [0.29, 0.717) is 13.1 Å². The first-order valence-electron chi connectivity index (χ1n) is 3.54. The zero-order chi connectivity index (χ0) is 8.97. The summed E-state index contributed by atoms with van der Waals surface area (Å²) in [5.41, 5.74) is 5.84. The minimum Gasteiger partial charge on any atom is -0.347 e. The van der Waals surface area contributed by atoms with Crippen LogP contribution in [0.1, 0.15) is 6.42 Å². The summed E-state index contributed by atoms with van der Waals surface area (Å²) in [6, 6.07) is -0.515. The molecule has 6 nitrogen and oxygen atoms in total. The number of aliphatic imine (C=N–C) groups is 2. The molecule has 6 heteroatoms. The zero-order valence-corrected chi connectivity index (χ0v) is 6.53. The number of carbonyl (C=O) groups is 1. The van der Waals surface area contributed by atoms with E-state index in [1.807, 2.05) is 0 Å². The molecule has 1 heterocycles. The van der Waals surface area contributed by atoms with Gasteiger partial charge in [0.05, 0.1) is 12.1 Å². The van der Waals surface area contributed by atoms with Gasteiger partial charge < -0.3 is 5.73 Å². The minimum absolute atomic E-state index is 0.413. The van der Waals surface area contributed by atoms with E-state index < -0.39 is 11.9 Å². The van der Waals surface area contributed by atoms with Crippen LogP contribution in [0.4, 0.5) is 0 Å². The molecule has 0 saturated heterocycles. The van der Waals surface area contributed by atoms with Crippen LogP contribution in [0.15, 0.2) is 9.98 Å². The van der Waals surface area contributed by atoms with Gasteiger partial charge in [0.15, 0.2) is 6.04 Å². The van der Waals surface area contributed by atoms with E-state index in [1.54, 1.807) is 6.21 Å². The Morgan fingerprint density at radius 1 is 1.92 bits per heavy atom. The molecule has 0 bridgehead atoms. The van der Waals surface area contributed by atoms with Crippen molar-refractivity contribution in [2.24, 2.45) is 9.98 Å². The third-order valence-corrected chi connectivity index (χ3v) is 1.53. The number of hydroxylamine groups is 1. The Bertz CT molecular complexity index is 236. The number of nitrogens with one attached hydrogen (secondary N) is 1. The van der Waals surface area contributed by atoms with E-state index in [2.05, 4.69) is 15.7 Å². The van der Waals surface area contributed by atoms with Crippen LogP contribution in [0.2, 0.25) is 0 Å². The predicted molar refractivity (Wildman–Crippen MR) is 42.0 cm³/mol. The Labute approximate surface area is 69.1 Å². The molecular weight excluding hydrogens is 160 g/mol. The van der Waals surface area contributed by atoms with Crippen molar-refractivity contribution in [3.63, 3.8) is 0 Å². The van der Waals surface area contributed by atoms with Crippen LogP contribution in [0.25, 0.3) is 0 Å². The zero-order valence-electron chi connectivity index (χ0n) is 6.53. The van der Waals surface area contributed by atoms with Gasteiger partial charge in [0.25, 0.3) is 0 Å². The molecular formula is C6H11N4O2+. The Morgan fingerprint density at radius 2 is 2.67 bits per heavy atom. The number of nitrogens with zero attached hydrogens (tertiary/aromatic N) is 2. The summed E-state index contributed by atoms with van der Waals surface area (Å²) in [6.07, 6.45) is 2.03. The molecule has 5 N–H and O–H groups in total. The van der Waals surface area contributed by atoms with E-state index >= 15 is 0 Å². The molecule has 0 aliphatic carbocycles. The standard InChI is InChI=1S/C6H10N4O2/c7-5(6(11)10-12)1-4-2-8-3-9-4/h2,5,12H,1,3,7H2,(H,10,11)/p+1/t5-/m0/s1. The van der Waals surface area contributed by atoms with E-state index in [-0.39, 0.29) is 0 Å². The molecule has 0 spiro atoms. The fourth-order valence-electron chi connectivity index (χ4n) is 0.872. The topological polar surface area (TPSA) is 102 Å². The summed E-state index contributed by atoms with van der Waals surface area (Å²) >= 11 is 0. The van der Waals surface area contributed by atoms with Crippen molar-refractivity contribution < 1.29 is 15.7 Å². The van der Waals surface area contributed by atoms with Gasteiger partial charge in [0.2, 0.25) is 0 Å². The van der Waals surface area contributed by atoms with Crippen LogP contribution in [0, 0.1) is 0 Å². The highest BCUT2D eigenvalue weighted by atomic mass is 16.5. The normalized spacial score (nSPS) is 17.3. The second-order valence-corrected chi connectivity index (χ2v) is 2.48. The summed E-state index contributed by atoms with van der Waals surface area (Å²) in [4.78, 5) is 18.6. The van der Waals surface area contributed by atoms with Gasteiger partial charge >= 0.3 is 5.91 Å². The molecule has 0 aromatic rings. The fourth-order valence-corrected chi connectivity index (χ4v) is 0.872. The molecule has 0 saturated carbocycles. The average Bonchev–Trinajstić information content (AvgIpc) is 2.55. The average molecular weight is 171 g/mol. The molecule has 0 fully saturated rings. The Hall–Kier alpha value is -1.27. The van der Waals surface area contributed by atoms with Gasteiger partial charge in [0.1, 0.15) is 6.67 Å². The third-order valence-electron chi connectivity index (χ3n) is 1.53. The summed E-state index contributed by atoms with van der Waals surface area (Å²) in [6.45, 7) is 0.433. The van der Waals surface area contributed by atoms with E-state index in [4.69, 9.17) is 5.21 Å². The summed E-state index contributed by atoms with van der Waals surface area (Å²) in [5.74, 6) is -0.502. The molecule has 1 atom stereocenters. The number of rotatable bonds is 3. The molecule has 66 valence electrons. The van der Waals surface area contributed by atoms with Crippen molar-refractivity contribution in [1.82, 2.24) is 5.48 Å². The highest BCUT2D eigenvalue weighted by molar-refractivity contribution is 6.32. The molecule has 0 unspecified atom stereocenters. The van der Waals surface area contributed by atoms with Crippen molar-refractivity contribution in [3.8, 4) is 0 Å². The molecule has 0 aromatic carbocycles. The van der Waals surface area contributed by atoms with Gasteiger partial charge in [0, 0.05) is 6.21 Å². The van der Waals surface area contributed by atoms with Gasteiger partial charge in [-0.15, -0.1) is 0 Å². The van der Waals surface area contributed by atoms with Crippen LogP contribution in [0.5, 0.6) is 0 Å². The lowest BCUT2D eigenvalue weighted by atomic mass is 10.1. The predicted octanol–water partition coefficient (Wildman–Crippen LogP) is -2.02. The second-order valence-electron chi connectivity index (χ2n) is 2.48. The maximum Gasteiger partial charge on any atom is 0.301 e. The Kier molecular flexibility index (Phi) is 2.89. The first kappa shape index (κ1) is 8.82. The summed E-state index contributed by atoms with van der Waals surface area (Å²) < 4.78 is 0. The van der Waals surface area contributed by atoms with Crippen molar-refractivity contribution >= 4 is 17.8 Å². The maximum atomic E-state index is 10.8. The highest BCUT2D eigenvalue weighted by Gasteiger charge is 2.18. The van der Waals surface area contributed by atoms with Crippen molar-refractivity contribution in [2.45, 2.75) is 12.5 Å². The largest absolute Gasteiger partial charge is 0.347 e. The lowest BCUT2D eigenvalue weighted by Gasteiger charge is -2.03. The molecule has 0 radical (unpaired) electrons. The third kappa shape index (κ3) is 2.11. The van der Waals surface area contributed by atoms with E-state index in [1.165, 1.54) is 5.48 Å². The first-order chi connectivity index (χ1) is 5.74. The lowest BCUT2D eigenvalue weighted by Crippen LogP contribution is -2.67. The van der Waals surface area contributed by atoms with Gasteiger partial charge in [-0.3, -0.25) is 20.0 Å². The molecule has 0 aromatic heterocycles. The SMILES string of the molecule is [NH3+][C@@H](CC1=NCN=C1)C(=O)NO.